The van der Waals surface area contributed by atoms with E-state index in [2.05, 4.69) is 29.1 Å². The predicted octanol–water partition coefficient (Wildman–Crippen LogP) is 0.433. The third-order valence-electron chi connectivity index (χ3n) is 5.54. The average Bonchev–Trinajstić information content (AvgIpc) is 2.98. The van der Waals surface area contributed by atoms with E-state index in [-0.39, 0.29) is 42.9 Å². The molecule has 0 unspecified atom stereocenters. The quantitative estimate of drug-likeness (QED) is 0.678. The molecule has 2 amide bonds. The second-order valence-corrected chi connectivity index (χ2v) is 8.42. The van der Waals surface area contributed by atoms with Crippen LogP contribution in [-0.2, 0) is 20.9 Å². The van der Waals surface area contributed by atoms with Gasteiger partial charge in [0.15, 0.2) is 0 Å². The fourth-order valence-corrected chi connectivity index (χ4v) is 4.39. The van der Waals surface area contributed by atoms with Crippen molar-refractivity contribution in [3.63, 3.8) is 0 Å². The zero-order valence-corrected chi connectivity index (χ0v) is 17.2. The van der Waals surface area contributed by atoms with E-state index >= 15 is 0 Å². The maximum Gasteiger partial charge on any atom is 0.317 e. The Hall–Kier alpha value is -2.55. The molecule has 0 aliphatic carbocycles. The number of fused-ring (bicyclic) bond motifs is 1. The molecule has 3 heterocycles. The van der Waals surface area contributed by atoms with E-state index < -0.39 is 5.97 Å². The van der Waals surface area contributed by atoms with Gasteiger partial charge in [-0.15, -0.1) is 0 Å². The molecule has 0 aromatic carbocycles. The molecule has 29 heavy (non-hydrogen) atoms. The van der Waals surface area contributed by atoms with Gasteiger partial charge in [0, 0.05) is 24.8 Å². The van der Waals surface area contributed by atoms with E-state index in [0.717, 1.165) is 12.1 Å². The summed E-state index contributed by atoms with van der Waals surface area (Å²) in [5.41, 5.74) is 1.50. The molecule has 158 valence electrons. The number of carboxylic acid groups (broad SMARTS) is 1. The highest BCUT2D eigenvalue weighted by Gasteiger charge is 2.49. The molecule has 2 N–H and O–H groups in total. The van der Waals surface area contributed by atoms with Crippen molar-refractivity contribution in [3.8, 4) is 0 Å². The van der Waals surface area contributed by atoms with Crippen LogP contribution in [0.4, 0.5) is 0 Å². The largest absolute Gasteiger partial charge is 0.480 e. The molecule has 3 atom stereocenters. The molecule has 0 bridgehead atoms. The summed E-state index contributed by atoms with van der Waals surface area (Å²) in [5.74, 6) is -1.11. The van der Waals surface area contributed by atoms with Gasteiger partial charge in [0.2, 0.25) is 11.8 Å². The first-order chi connectivity index (χ1) is 13.7. The van der Waals surface area contributed by atoms with Crippen LogP contribution in [0.15, 0.2) is 12.4 Å². The van der Waals surface area contributed by atoms with E-state index in [4.69, 9.17) is 5.11 Å². The number of carbonyl (C=O) groups is 3. The van der Waals surface area contributed by atoms with Crippen LogP contribution in [0.3, 0.4) is 0 Å². The van der Waals surface area contributed by atoms with Gasteiger partial charge in [-0.2, -0.15) is 0 Å². The van der Waals surface area contributed by atoms with Crippen molar-refractivity contribution in [1.82, 2.24) is 25.1 Å². The van der Waals surface area contributed by atoms with Crippen molar-refractivity contribution in [2.75, 3.05) is 19.6 Å². The summed E-state index contributed by atoms with van der Waals surface area (Å²) in [6, 6.07) is -0.294. The molecule has 2 saturated heterocycles. The van der Waals surface area contributed by atoms with Crippen molar-refractivity contribution >= 4 is 17.8 Å². The minimum Gasteiger partial charge on any atom is -0.480 e. The zero-order chi connectivity index (χ0) is 21.1. The fourth-order valence-electron chi connectivity index (χ4n) is 4.39. The monoisotopic (exact) mass is 403 g/mol. The molecule has 9 nitrogen and oxygen atoms in total. The number of rotatable bonds is 7. The number of aliphatic carboxylic acids is 1. The number of nitrogens with one attached hydrogen (secondary N) is 1. The fraction of sp³-hybridized carbons (Fsp3) is 0.650. The van der Waals surface area contributed by atoms with Gasteiger partial charge in [0.1, 0.15) is 0 Å². The van der Waals surface area contributed by atoms with Gasteiger partial charge < -0.3 is 15.3 Å². The lowest BCUT2D eigenvalue weighted by molar-refractivity contribution is -0.145. The molecular weight excluding hydrogens is 374 g/mol. The normalized spacial score (nSPS) is 24.6. The molecule has 2 aliphatic heterocycles. The molecule has 0 radical (unpaired) electrons. The first-order valence-corrected chi connectivity index (χ1v) is 10.0. The number of hydrogen-bond donors (Lipinski definition) is 2. The van der Waals surface area contributed by atoms with Crippen molar-refractivity contribution < 1.29 is 19.5 Å². The summed E-state index contributed by atoms with van der Waals surface area (Å²) < 4.78 is 0. The predicted molar refractivity (Wildman–Crippen MR) is 105 cm³/mol. The SMILES string of the molecule is Cc1cnc(CNC(=O)[C@@H]2C[C@@H]3CN(CC(=O)O)CC(=O)N3[C@@H]2CC(C)C)cn1. The lowest BCUT2D eigenvalue weighted by atomic mass is 9.91. The lowest BCUT2D eigenvalue weighted by Gasteiger charge is -2.39. The Morgan fingerprint density at radius 2 is 2.07 bits per heavy atom. The first kappa shape index (κ1) is 21.2. The zero-order valence-electron chi connectivity index (χ0n) is 17.2. The smallest absolute Gasteiger partial charge is 0.317 e. The van der Waals surface area contributed by atoms with E-state index in [0.29, 0.717) is 31.1 Å². The lowest BCUT2D eigenvalue weighted by Crippen LogP contribution is -2.57. The third kappa shape index (κ3) is 5.09. The second-order valence-electron chi connectivity index (χ2n) is 8.42. The standard InChI is InChI=1S/C20H29N5O4/c1-12(2)4-17-16(20(29)23-8-14-7-21-13(3)6-22-14)5-15-9-24(11-19(27)28)10-18(26)25(15)17/h6-7,12,15-17H,4-5,8-11H2,1-3H3,(H,23,29)(H,27,28)/t15-,16-,17-/m1/s1. The minimum atomic E-state index is -0.948. The Balaban J connectivity index is 1.71. The maximum atomic E-state index is 13.0. The molecule has 2 fully saturated rings. The number of carbonyl (C=O) groups excluding carboxylic acids is 2. The van der Waals surface area contributed by atoms with Crippen molar-refractivity contribution in [3.05, 3.63) is 23.8 Å². The van der Waals surface area contributed by atoms with E-state index in [1.165, 1.54) is 0 Å². The van der Waals surface area contributed by atoms with Crippen molar-refractivity contribution in [2.45, 2.75) is 52.2 Å². The summed E-state index contributed by atoms with van der Waals surface area (Å²) in [5, 5.41) is 12.0. The Bertz CT molecular complexity index is 767. The Labute approximate surface area is 170 Å². The van der Waals surface area contributed by atoms with Crippen molar-refractivity contribution in [1.29, 1.82) is 0 Å². The van der Waals surface area contributed by atoms with Crippen LogP contribution in [-0.4, -0.2) is 74.4 Å². The molecular formula is C20H29N5O4. The van der Waals surface area contributed by atoms with E-state index in [1.54, 1.807) is 17.3 Å². The number of carboxylic acids is 1. The molecule has 3 rings (SSSR count). The number of hydrogen-bond acceptors (Lipinski definition) is 6. The molecule has 1 aromatic rings. The second kappa shape index (κ2) is 8.86. The van der Waals surface area contributed by atoms with Crippen LogP contribution >= 0.6 is 0 Å². The maximum absolute atomic E-state index is 13.0. The number of aromatic nitrogens is 2. The van der Waals surface area contributed by atoms with Crippen LogP contribution < -0.4 is 5.32 Å². The van der Waals surface area contributed by atoms with Gasteiger partial charge >= 0.3 is 5.97 Å². The van der Waals surface area contributed by atoms with Gasteiger partial charge in [0.25, 0.3) is 0 Å². The van der Waals surface area contributed by atoms with E-state index in [1.807, 2.05) is 11.8 Å². The van der Waals surface area contributed by atoms with Crippen LogP contribution in [0, 0.1) is 18.8 Å². The molecule has 1 aromatic heterocycles. The topological polar surface area (TPSA) is 116 Å². The number of nitrogens with zero attached hydrogens (tertiary/aromatic N) is 4. The number of piperazine rings is 1. The Morgan fingerprint density at radius 3 is 2.69 bits per heavy atom. The minimum absolute atomic E-state index is 0.0880. The summed E-state index contributed by atoms with van der Waals surface area (Å²) in [7, 11) is 0. The van der Waals surface area contributed by atoms with Crippen LogP contribution in [0.25, 0.3) is 0 Å². The van der Waals surface area contributed by atoms with Gasteiger partial charge in [-0.1, -0.05) is 13.8 Å². The molecule has 2 aliphatic rings. The van der Waals surface area contributed by atoms with Gasteiger partial charge in [-0.25, -0.2) is 0 Å². The van der Waals surface area contributed by atoms with E-state index in [9.17, 15) is 14.4 Å². The average molecular weight is 403 g/mol. The molecule has 0 saturated carbocycles. The van der Waals surface area contributed by atoms with Crippen LogP contribution in [0.5, 0.6) is 0 Å². The van der Waals surface area contributed by atoms with Crippen LogP contribution in [0.1, 0.15) is 38.1 Å². The highest BCUT2D eigenvalue weighted by Crippen LogP contribution is 2.36. The summed E-state index contributed by atoms with van der Waals surface area (Å²) in [4.78, 5) is 48.8. The van der Waals surface area contributed by atoms with Crippen LogP contribution in [0.2, 0.25) is 0 Å². The summed E-state index contributed by atoms with van der Waals surface area (Å²) in [6.45, 7) is 6.72. The highest BCUT2D eigenvalue weighted by molar-refractivity contribution is 5.85. The number of aryl methyl sites for hydroxylation is 1. The molecule has 9 heteroatoms. The van der Waals surface area contributed by atoms with Gasteiger partial charge in [-0.05, 0) is 25.7 Å². The summed E-state index contributed by atoms with van der Waals surface area (Å²) >= 11 is 0. The third-order valence-corrected chi connectivity index (χ3v) is 5.54. The number of amides is 2. The van der Waals surface area contributed by atoms with Crippen molar-refractivity contribution in [2.24, 2.45) is 11.8 Å². The molecule has 0 spiro atoms. The Morgan fingerprint density at radius 1 is 1.31 bits per heavy atom. The van der Waals surface area contributed by atoms with Gasteiger partial charge in [0.05, 0.1) is 43.1 Å². The highest BCUT2D eigenvalue weighted by atomic mass is 16.4. The Kier molecular flexibility index (Phi) is 6.46. The first-order valence-electron chi connectivity index (χ1n) is 10.0. The van der Waals surface area contributed by atoms with Gasteiger partial charge in [-0.3, -0.25) is 29.3 Å². The summed E-state index contributed by atoms with van der Waals surface area (Å²) in [6.07, 6.45) is 4.59.